The molecule has 0 fully saturated rings. The predicted molar refractivity (Wildman–Crippen MR) is 107 cm³/mol. The molecule has 0 saturated carbocycles. The highest BCUT2D eigenvalue weighted by Crippen LogP contribution is 2.24. The van der Waals surface area contributed by atoms with E-state index in [4.69, 9.17) is 9.68 Å². The van der Waals surface area contributed by atoms with Gasteiger partial charge in [-0.15, -0.1) is 0 Å². The Kier molecular flexibility index (Phi) is 5.98. The molecule has 2 aromatic heterocycles. The van der Waals surface area contributed by atoms with Gasteiger partial charge in [0, 0.05) is 23.1 Å². The third-order valence-electron chi connectivity index (χ3n) is 4.93. The summed E-state index contributed by atoms with van der Waals surface area (Å²) in [4.78, 5) is 24.6. The van der Waals surface area contributed by atoms with Crippen LogP contribution in [0.15, 0.2) is 28.7 Å². The summed E-state index contributed by atoms with van der Waals surface area (Å²) in [6.45, 7) is 6.15. The molecule has 150 valence electrons. The van der Waals surface area contributed by atoms with Gasteiger partial charge in [-0.1, -0.05) is 18.2 Å². The normalized spacial score (nSPS) is 10.7. The van der Waals surface area contributed by atoms with Crippen LogP contribution in [0.4, 0.5) is 0 Å². The van der Waals surface area contributed by atoms with Gasteiger partial charge in [0.25, 0.3) is 0 Å². The fourth-order valence-corrected chi connectivity index (χ4v) is 3.34. The summed E-state index contributed by atoms with van der Waals surface area (Å²) in [5, 5.41) is 14.0. The number of nitrogens with zero attached hydrogens (tertiary/aromatic N) is 3. The number of rotatable bonds is 6. The minimum atomic E-state index is -0.497. The second-order valence-electron chi connectivity index (χ2n) is 6.84. The molecule has 0 radical (unpaired) electrons. The first-order chi connectivity index (χ1) is 13.9. The number of carbonyl (C=O) groups is 2. The number of carbonyl (C=O) groups excluding carboxylic acids is 2. The van der Waals surface area contributed by atoms with Crippen molar-refractivity contribution in [3.63, 3.8) is 0 Å². The Balaban J connectivity index is 1.56. The second-order valence-corrected chi connectivity index (χ2v) is 6.84. The minimum absolute atomic E-state index is 0.178. The van der Waals surface area contributed by atoms with Crippen molar-refractivity contribution in [3.8, 4) is 6.07 Å². The van der Waals surface area contributed by atoms with Crippen LogP contribution in [0.3, 0.4) is 0 Å². The van der Waals surface area contributed by atoms with E-state index in [0.29, 0.717) is 25.0 Å². The van der Waals surface area contributed by atoms with Gasteiger partial charge in [0.2, 0.25) is 5.91 Å². The van der Waals surface area contributed by atoms with Crippen LogP contribution in [0.5, 0.6) is 0 Å². The van der Waals surface area contributed by atoms with Crippen molar-refractivity contribution in [1.29, 1.82) is 5.26 Å². The van der Waals surface area contributed by atoms with Crippen molar-refractivity contribution in [2.24, 2.45) is 0 Å². The molecule has 2 heterocycles. The Bertz CT molecular complexity index is 1100. The van der Waals surface area contributed by atoms with E-state index in [1.807, 2.05) is 32.0 Å². The molecule has 0 aliphatic carbocycles. The van der Waals surface area contributed by atoms with Crippen LogP contribution in [0.25, 0.3) is 11.0 Å². The van der Waals surface area contributed by atoms with Crippen molar-refractivity contribution >= 4 is 22.8 Å². The lowest BCUT2D eigenvalue weighted by atomic mass is 10.1. The number of fused-ring (bicyclic) bond motifs is 1. The van der Waals surface area contributed by atoms with Gasteiger partial charge in [-0.05, 0) is 38.8 Å². The quantitative estimate of drug-likeness (QED) is 0.625. The molecule has 0 bridgehead atoms. The highest BCUT2D eigenvalue weighted by Gasteiger charge is 2.18. The lowest BCUT2D eigenvalue weighted by Crippen LogP contribution is -2.41. The number of hydrazine groups is 1. The van der Waals surface area contributed by atoms with Gasteiger partial charge < -0.3 is 4.42 Å². The molecule has 2 amide bonds. The van der Waals surface area contributed by atoms with E-state index >= 15 is 0 Å². The summed E-state index contributed by atoms with van der Waals surface area (Å²) in [6, 6.07) is 9.48. The first-order valence-electron chi connectivity index (χ1n) is 9.39. The molecule has 0 spiro atoms. The topological polar surface area (TPSA) is 113 Å². The third-order valence-corrected chi connectivity index (χ3v) is 4.93. The van der Waals surface area contributed by atoms with Crippen LogP contribution in [-0.4, -0.2) is 21.6 Å². The molecule has 0 atom stereocenters. The predicted octanol–water partition coefficient (Wildman–Crippen LogP) is 2.86. The Morgan fingerprint density at radius 1 is 1.21 bits per heavy atom. The molecule has 29 heavy (non-hydrogen) atoms. The van der Waals surface area contributed by atoms with E-state index in [0.717, 1.165) is 27.9 Å². The fourth-order valence-electron chi connectivity index (χ4n) is 3.34. The van der Waals surface area contributed by atoms with E-state index < -0.39 is 5.91 Å². The average molecular weight is 393 g/mol. The zero-order valence-corrected chi connectivity index (χ0v) is 16.7. The zero-order chi connectivity index (χ0) is 21.0. The molecule has 3 rings (SSSR count). The number of aromatic nitrogens is 2. The highest BCUT2D eigenvalue weighted by atomic mass is 16.3. The number of aryl methyl sites for hydroxylation is 3. The van der Waals surface area contributed by atoms with Crippen LogP contribution in [0, 0.1) is 32.1 Å². The first kappa shape index (κ1) is 20.1. The van der Waals surface area contributed by atoms with Gasteiger partial charge in [-0.3, -0.25) is 25.1 Å². The van der Waals surface area contributed by atoms with Gasteiger partial charge in [0.15, 0.2) is 5.76 Å². The van der Waals surface area contributed by atoms with Crippen LogP contribution in [-0.2, 0) is 17.8 Å². The van der Waals surface area contributed by atoms with Crippen LogP contribution >= 0.6 is 0 Å². The van der Waals surface area contributed by atoms with Gasteiger partial charge in [-0.2, -0.15) is 10.4 Å². The van der Waals surface area contributed by atoms with E-state index in [9.17, 15) is 9.59 Å². The minimum Gasteiger partial charge on any atom is -0.451 e. The Morgan fingerprint density at radius 2 is 1.97 bits per heavy atom. The molecule has 0 unspecified atom stereocenters. The summed E-state index contributed by atoms with van der Waals surface area (Å²) in [5.74, 6) is -0.628. The Morgan fingerprint density at radius 3 is 2.69 bits per heavy atom. The fraction of sp³-hybridized carbons (Fsp3) is 0.333. The van der Waals surface area contributed by atoms with Gasteiger partial charge in [0.05, 0.1) is 24.7 Å². The van der Waals surface area contributed by atoms with Crippen molar-refractivity contribution in [1.82, 2.24) is 20.6 Å². The molecule has 3 aromatic rings. The van der Waals surface area contributed by atoms with E-state index in [-0.39, 0.29) is 18.1 Å². The van der Waals surface area contributed by atoms with Crippen molar-refractivity contribution in [2.75, 3.05) is 0 Å². The largest absolute Gasteiger partial charge is 0.451 e. The number of nitriles is 1. The average Bonchev–Trinajstić information content (AvgIpc) is 3.19. The molecule has 8 heteroatoms. The number of hydrogen-bond acceptors (Lipinski definition) is 5. The lowest BCUT2D eigenvalue weighted by molar-refractivity contribution is -0.121. The van der Waals surface area contributed by atoms with Crippen molar-refractivity contribution in [3.05, 3.63) is 52.5 Å². The van der Waals surface area contributed by atoms with Crippen LogP contribution < -0.4 is 10.9 Å². The Hall–Kier alpha value is -3.60. The summed E-state index contributed by atoms with van der Waals surface area (Å²) < 4.78 is 7.38. The first-order valence-corrected chi connectivity index (χ1v) is 9.39. The molecule has 1 aromatic carbocycles. The van der Waals surface area contributed by atoms with Crippen molar-refractivity contribution < 1.29 is 14.0 Å². The third kappa shape index (κ3) is 4.29. The monoisotopic (exact) mass is 393 g/mol. The van der Waals surface area contributed by atoms with Crippen LogP contribution in [0.1, 0.15) is 45.9 Å². The smallest absolute Gasteiger partial charge is 0.305 e. The molecule has 0 aliphatic rings. The van der Waals surface area contributed by atoms with Gasteiger partial charge >= 0.3 is 5.91 Å². The number of para-hydroxylation sites is 1. The van der Waals surface area contributed by atoms with E-state index in [2.05, 4.69) is 22.0 Å². The van der Waals surface area contributed by atoms with E-state index in [1.54, 1.807) is 17.7 Å². The maximum Gasteiger partial charge on any atom is 0.305 e. The van der Waals surface area contributed by atoms with Crippen molar-refractivity contribution in [2.45, 2.75) is 46.6 Å². The van der Waals surface area contributed by atoms with Gasteiger partial charge in [-0.25, -0.2) is 0 Å². The lowest BCUT2D eigenvalue weighted by Gasteiger charge is -2.07. The number of hydrogen-bond donors (Lipinski definition) is 2. The standard InChI is InChI=1S/C21H23N5O3/c1-13-16-7-4-5-8-18(16)29-20(13)21(28)24-23-19(27)10-9-17-14(2)25-26(15(17)3)12-6-11-22/h4-5,7-8H,6,9-10,12H2,1-3H3,(H,23,27)(H,24,28). The molecular formula is C21H23N5O3. The van der Waals surface area contributed by atoms with E-state index in [1.165, 1.54) is 0 Å². The Labute approximate surface area is 168 Å². The summed E-state index contributed by atoms with van der Waals surface area (Å²) >= 11 is 0. The number of benzene rings is 1. The molecule has 8 nitrogen and oxygen atoms in total. The van der Waals surface area contributed by atoms with Gasteiger partial charge in [0.1, 0.15) is 5.58 Å². The molecular weight excluding hydrogens is 370 g/mol. The zero-order valence-electron chi connectivity index (χ0n) is 16.7. The summed E-state index contributed by atoms with van der Waals surface area (Å²) in [6.07, 6.45) is 1.08. The highest BCUT2D eigenvalue weighted by molar-refractivity contribution is 5.99. The molecule has 0 saturated heterocycles. The second kappa shape index (κ2) is 8.61. The number of nitrogens with one attached hydrogen (secondary N) is 2. The number of furan rings is 1. The van der Waals surface area contributed by atoms with Crippen LogP contribution in [0.2, 0.25) is 0 Å². The number of amides is 2. The maximum atomic E-state index is 12.4. The summed E-state index contributed by atoms with van der Waals surface area (Å²) in [7, 11) is 0. The molecule has 0 aliphatic heterocycles. The molecule has 2 N–H and O–H groups in total. The summed E-state index contributed by atoms with van der Waals surface area (Å²) in [5.41, 5.74) is 8.97. The SMILES string of the molecule is Cc1nn(CCC#N)c(C)c1CCC(=O)NNC(=O)c1oc2ccccc2c1C. The maximum absolute atomic E-state index is 12.4.